The first-order valence-electron chi connectivity index (χ1n) is 9.05. The zero-order chi connectivity index (χ0) is 16.0. The lowest BCUT2D eigenvalue weighted by atomic mass is 10.2. The van der Waals surface area contributed by atoms with Crippen LogP contribution in [0.25, 0.3) is 0 Å². The first-order valence-corrected chi connectivity index (χ1v) is 9.05. The van der Waals surface area contributed by atoms with Gasteiger partial charge in [-0.1, -0.05) is 12.8 Å². The fourth-order valence-corrected chi connectivity index (χ4v) is 4.16. The number of hydrogen-bond acceptors (Lipinski definition) is 4. The van der Waals surface area contributed by atoms with Crippen molar-refractivity contribution in [3.05, 3.63) is 11.6 Å². The van der Waals surface area contributed by atoms with Gasteiger partial charge in [0.2, 0.25) is 5.91 Å². The van der Waals surface area contributed by atoms with Gasteiger partial charge in [-0.25, -0.2) is 0 Å². The molecule has 0 N–H and O–H groups in total. The molecule has 3 aliphatic rings. The molecule has 1 aromatic rings. The van der Waals surface area contributed by atoms with Crippen molar-refractivity contribution in [2.75, 3.05) is 20.1 Å². The summed E-state index contributed by atoms with van der Waals surface area (Å²) in [5, 5.41) is 8.76. The van der Waals surface area contributed by atoms with Gasteiger partial charge < -0.3 is 9.47 Å². The fourth-order valence-electron chi connectivity index (χ4n) is 4.16. The third-order valence-electron chi connectivity index (χ3n) is 5.68. The van der Waals surface area contributed by atoms with Crippen molar-refractivity contribution in [2.45, 2.75) is 70.0 Å². The second kappa shape index (κ2) is 5.89. The molecule has 1 aliphatic heterocycles. The Morgan fingerprint density at radius 1 is 1.22 bits per heavy atom. The summed E-state index contributed by atoms with van der Waals surface area (Å²) < 4.78 is 2.28. The molecule has 4 rings (SSSR count). The van der Waals surface area contributed by atoms with Gasteiger partial charge in [-0.2, -0.15) is 0 Å². The average Bonchev–Trinajstić information content (AvgIpc) is 3.06. The van der Waals surface area contributed by atoms with Gasteiger partial charge in [0.15, 0.2) is 5.82 Å². The van der Waals surface area contributed by atoms with E-state index in [1.54, 1.807) is 0 Å². The number of fused-ring (bicyclic) bond motifs is 1. The van der Waals surface area contributed by atoms with E-state index in [4.69, 9.17) is 0 Å². The van der Waals surface area contributed by atoms with Gasteiger partial charge in [0.05, 0.1) is 19.1 Å². The topological polar surface area (TPSA) is 54.3 Å². The summed E-state index contributed by atoms with van der Waals surface area (Å²) in [7, 11) is 2.09. The average molecular weight is 317 g/mol. The number of nitrogens with zero attached hydrogens (tertiary/aromatic N) is 5. The molecule has 6 heteroatoms. The number of carbonyl (C=O) groups is 1. The van der Waals surface area contributed by atoms with Crippen LogP contribution in [0.2, 0.25) is 0 Å². The Morgan fingerprint density at radius 3 is 2.65 bits per heavy atom. The molecule has 0 spiro atoms. The van der Waals surface area contributed by atoms with E-state index in [1.807, 2.05) is 4.90 Å². The summed E-state index contributed by atoms with van der Waals surface area (Å²) >= 11 is 0. The number of carbonyl (C=O) groups excluding carboxylic acids is 1. The highest BCUT2D eigenvalue weighted by molar-refractivity contribution is 5.78. The van der Waals surface area contributed by atoms with E-state index >= 15 is 0 Å². The lowest BCUT2D eigenvalue weighted by Gasteiger charge is -2.34. The molecule has 0 radical (unpaired) electrons. The van der Waals surface area contributed by atoms with E-state index in [0.717, 1.165) is 18.2 Å². The van der Waals surface area contributed by atoms with Crippen LogP contribution in [0.5, 0.6) is 0 Å². The second-order valence-electron chi connectivity index (χ2n) is 7.60. The molecule has 1 aromatic heterocycles. The molecule has 1 atom stereocenters. The zero-order valence-corrected chi connectivity index (χ0v) is 14.2. The Bertz CT molecular complexity index is 588. The highest BCUT2D eigenvalue weighted by Gasteiger charge is 2.35. The van der Waals surface area contributed by atoms with Crippen molar-refractivity contribution in [3.8, 4) is 0 Å². The smallest absolute Gasteiger partial charge is 0.237 e. The van der Waals surface area contributed by atoms with Crippen molar-refractivity contribution in [1.82, 2.24) is 24.6 Å². The number of amides is 1. The highest BCUT2D eigenvalue weighted by Crippen LogP contribution is 2.41. The summed E-state index contributed by atoms with van der Waals surface area (Å²) in [6.45, 7) is 4.10. The predicted octanol–water partition coefficient (Wildman–Crippen LogP) is 1.93. The largest absolute Gasteiger partial charge is 0.332 e. The molecule has 126 valence electrons. The molecular weight excluding hydrogens is 290 g/mol. The zero-order valence-electron chi connectivity index (χ0n) is 14.2. The number of aromatic nitrogens is 3. The van der Waals surface area contributed by atoms with Gasteiger partial charge in [0.1, 0.15) is 5.82 Å². The lowest BCUT2D eigenvalue weighted by molar-refractivity contribution is -0.134. The van der Waals surface area contributed by atoms with Crippen LogP contribution in [0.15, 0.2) is 0 Å². The van der Waals surface area contributed by atoms with E-state index in [-0.39, 0.29) is 11.9 Å². The minimum atomic E-state index is 0.230. The molecule has 2 fully saturated rings. The van der Waals surface area contributed by atoms with E-state index in [2.05, 4.69) is 33.6 Å². The maximum absolute atomic E-state index is 12.7. The third-order valence-corrected chi connectivity index (χ3v) is 5.68. The van der Waals surface area contributed by atoms with Crippen LogP contribution in [-0.4, -0.2) is 56.7 Å². The van der Waals surface area contributed by atoms with Crippen LogP contribution in [0.1, 0.15) is 69.1 Å². The van der Waals surface area contributed by atoms with E-state index in [0.29, 0.717) is 25.0 Å². The van der Waals surface area contributed by atoms with Gasteiger partial charge >= 0.3 is 0 Å². The van der Waals surface area contributed by atoms with E-state index < -0.39 is 0 Å². The SMILES string of the molecule is C[C@H]1CN(C(=O)CN(C)C2CCCC2)Cc2nnc(C3CC3)n21. The van der Waals surface area contributed by atoms with Crippen molar-refractivity contribution in [3.63, 3.8) is 0 Å². The van der Waals surface area contributed by atoms with Crippen LogP contribution >= 0.6 is 0 Å². The molecule has 6 nitrogen and oxygen atoms in total. The molecule has 2 heterocycles. The monoisotopic (exact) mass is 317 g/mol. The number of likely N-dealkylation sites (N-methyl/N-ethyl adjacent to an activating group) is 1. The summed E-state index contributed by atoms with van der Waals surface area (Å²) in [6, 6.07) is 0.872. The minimum absolute atomic E-state index is 0.230. The van der Waals surface area contributed by atoms with Crippen molar-refractivity contribution >= 4 is 5.91 Å². The molecule has 2 aliphatic carbocycles. The summed E-state index contributed by atoms with van der Waals surface area (Å²) in [4.78, 5) is 16.9. The molecule has 0 bridgehead atoms. The quantitative estimate of drug-likeness (QED) is 0.851. The Hall–Kier alpha value is -1.43. The van der Waals surface area contributed by atoms with Crippen LogP contribution in [0, 0.1) is 0 Å². The Morgan fingerprint density at radius 2 is 1.96 bits per heavy atom. The highest BCUT2D eigenvalue weighted by atomic mass is 16.2. The number of rotatable bonds is 4. The first kappa shape index (κ1) is 15.1. The van der Waals surface area contributed by atoms with Crippen molar-refractivity contribution < 1.29 is 4.79 Å². The second-order valence-corrected chi connectivity index (χ2v) is 7.60. The molecule has 0 saturated heterocycles. The summed E-state index contributed by atoms with van der Waals surface area (Å²) in [5.41, 5.74) is 0. The van der Waals surface area contributed by atoms with Gasteiger partial charge in [0, 0.05) is 18.5 Å². The molecular formula is C17H27N5O. The summed E-state index contributed by atoms with van der Waals surface area (Å²) in [5.74, 6) is 2.94. The van der Waals surface area contributed by atoms with Crippen LogP contribution in [0.4, 0.5) is 0 Å². The maximum atomic E-state index is 12.7. The van der Waals surface area contributed by atoms with Crippen LogP contribution in [-0.2, 0) is 11.3 Å². The van der Waals surface area contributed by atoms with E-state index in [9.17, 15) is 4.79 Å². The predicted molar refractivity (Wildman–Crippen MR) is 87.0 cm³/mol. The first-order chi connectivity index (χ1) is 11.1. The molecule has 1 amide bonds. The Balaban J connectivity index is 1.42. The molecule has 2 saturated carbocycles. The van der Waals surface area contributed by atoms with E-state index in [1.165, 1.54) is 38.5 Å². The Kier molecular flexibility index (Phi) is 3.87. The van der Waals surface area contributed by atoms with Crippen molar-refractivity contribution in [1.29, 1.82) is 0 Å². The standard InChI is InChI=1S/C17H27N5O/c1-12-9-21(16(23)11-20(2)14-5-3-4-6-14)10-15-18-19-17(22(12)15)13-7-8-13/h12-14H,3-11H2,1-2H3/t12-/m0/s1. The van der Waals surface area contributed by atoms with Gasteiger partial charge in [-0.15, -0.1) is 10.2 Å². The van der Waals surface area contributed by atoms with Crippen LogP contribution in [0.3, 0.4) is 0 Å². The van der Waals surface area contributed by atoms with Crippen LogP contribution < -0.4 is 0 Å². The molecule has 0 aromatic carbocycles. The fraction of sp³-hybridized carbons (Fsp3) is 0.824. The van der Waals surface area contributed by atoms with Crippen molar-refractivity contribution in [2.24, 2.45) is 0 Å². The lowest BCUT2D eigenvalue weighted by Crippen LogP contribution is -2.46. The molecule has 0 unspecified atom stereocenters. The van der Waals surface area contributed by atoms with Gasteiger partial charge in [-0.3, -0.25) is 9.69 Å². The van der Waals surface area contributed by atoms with Gasteiger partial charge in [-0.05, 0) is 39.7 Å². The third kappa shape index (κ3) is 2.89. The molecule has 23 heavy (non-hydrogen) atoms. The van der Waals surface area contributed by atoms with Gasteiger partial charge in [0.25, 0.3) is 0 Å². The number of hydrogen-bond donors (Lipinski definition) is 0. The Labute approximate surface area is 137 Å². The normalized spacial score (nSPS) is 25.2. The minimum Gasteiger partial charge on any atom is -0.332 e. The summed E-state index contributed by atoms with van der Waals surface area (Å²) in [6.07, 6.45) is 7.55. The maximum Gasteiger partial charge on any atom is 0.237 e.